The van der Waals surface area contributed by atoms with Crippen LogP contribution in [0.25, 0.3) is 11.3 Å². The predicted molar refractivity (Wildman–Crippen MR) is 86.6 cm³/mol. The van der Waals surface area contributed by atoms with Gasteiger partial charge in [0, 0.05) is 17.5 Å². The van der Waals surface area contributed by atoms with Crippen LogP contribution in [0, 0.1) is 11.8 Å². The summed E-state index contributed by atoms with van der Waals surface area (Å²) in [6.45, 7) is 4.48. The molecule has 0 aliphatic heterocycles. The first-order valence-electron chi connectivity index (χ1n) is 7.04. The average molecular weight is 304 g/mol. The molecule has 1 atom stereocenters. The zero-order valence-electron chi connectivity index (χ0n) is 12.2. The molecule has 0 amide bonds. The van der Waals surface area contributed by atoms with Crippen molar-refractivity contribution < 1.29 is 9.90 Å². The van der Waals surface area contributed by atoms with Gasteiger partial charge in [-0.15, -0.1) is 11.3 Å². The number of nitrogens with zero attached hydrogens (tertiary/aromatic N) is 1. The van der Waals surface area contributed by atoms with Crippen LogP contribution in [0.15, 0.2) is 35.7 Å². The second-order valence-electron chi connectivity index (χ2n) is 5.45. The topological polar surface area (TPSA) is 62.2 Å². The van der Waals surface area contributed by atoms with E-state index in [0.29, 0.717) is 18.9 Å². The number of anilines is 1. The highest BCUT2D eigenvalue weighted by Crippen LogP contribution is 2.25. The second kappa shape index (κ2) is 7.22. The zero-order chi connectivity index (χ0) is 15.2. The molecule has 1 aromatic heterocycles. The predicted octanol–water partition coefficient (Wildman–Crippen LogP) is 3.97. The average Bonchev–Trinajstić information content (AvgIpc) is 2.92. The lowest BCUT2D eigenvalue weighted by molar-refractivity contribution is -0.141. The number of thiazole rings is 1. The quantitative estimate of drug-likeness (QED) is 0.812. The molecule has 0 saturated heterocycles. The highest BCUT2D eigenvalue weighted by atomic mass is 32.1. The number of benzene rings is 1. The van der Waals surface area contributed by atoms with Gasteiger partial charge >= 0.3 is 5.97 Å². The second-order valence-corrected chi connectivity index (χ2v) is 6.31. The molecule has 0 radical (unpaired) electrons. The summed E-state index contributed by atoms with van der Waals surface area (Å²) in [6, 6.07) is 9.95. The van der Waals surface area contributed by atoms with E-state index >= 15 is 0 Å². The van der Waals surface area contributed by atoms with Gasteiger partial charge in [0.15, 0.2) is 5.13 Å². The molecule has 0 spiro atoms. The molecule has 4 nitrogen and oxygen atoms in total. The van der Waals surface area contributed by atoms with Crippen molar-refractivity contribution in [3.8, 4) is 11.3 Å². The first-order valence-corrected chi connectivity index (χ1v) is 7.92. The maximum Gasteiger partial charge on any atom is 0.308 e. The summed E-state index contributed by atoms with van der Waals surface area (Å²) in [5.41, 5.74) is 1.98. The number of nitrogens with one attached hydrogen (secondary N) is 1. The van der Waals surface area contributed by atoms with Crippen LogP contribution in [0.4, 0.5) is 5.13 Å². The first kappa shape index (κ1) is 15.5. The number of aliphatic carboxylic acids is 1. The molecular formula is C16H20N2O2S. The molecule has 0 bridgehead atoms. The van der Waals surface area contributed by atoms with Crippen molar-refractivity contribution in [2.45, 2.75) is 20.3 Å². The Bertz CT molecular complexity index is 581. The molecule has 21 heavy (non-hydrogen) atoms. The molecule has 112 valence electrons. The van der Waals surface area contributed by atoms with Gasteiger partial charge in [0.2, 0.25) is 0 Å². The van der Waals surface area contributed by atoms with E-state index in [4.69, 9.17) is 0 Å². The van der Waals surface area contributed by atoms with E-state index in [1.807, 2.05) is 49.6 Å². The highest BCUT2D eigenvalue weighted by molar-refractivity contribution is 7.14. The summed E-state index contributed by atoms with van der Waals surface area (Å²) < 4.78 is 0. The third kappa shape index (κ3) is 4.56. The third-order valence-corrected chi connectivity index (χ3v) is 3.98. The molecule has 5 heteroatoms. The fourth-order valence-corrected chi connectivity index (χ4v) is 2.88. The Morgan fingerprint density at radius 2 is 2.05 bits per heavy atom. The summed E-state index contributed by atoms with van der Waals surface area (Å²) in [6.07, 6.45) is 0.666. The van der Waals surface area contributed by atoms with E-state index < -0.39 is 5.97 Å². The smallest absolute Gasteiger partial charge is 0.308 e. The van der Waals surface area contributed by atoms with E-state index in [-0.39, 0.29) is 5.92 Å². The molecule has 0 saturated carbocycles. The van der Waals surface area contributed by atoms with E-state index in [2.05, 4.69) is 10.3 Å². The van der Waals surface area contributed by atoms with Crippen molar-refractivity contribution in [3.05, 3.63) is 35.7 Å². The van der Waals surface area contributed by atoms with E-state index in [1.165, 1.54) is 11.3 Å². The maximum atomic E-state index is 11.2. The standard InChI is InChI=1S/C16H20N2O2S/c1-11(2)8-13(15(19)20)9-17-16-18-14(10-21-16)12-6-4-3-5-7-12/h3-7,10-11,13H,8-9H2,1-2H3,(H,17,18)(H,19,20). The van der Waals surface area contributed by atoms with Gasteiger partial charge in [-0.3, -0.25) is 4.79 Å². The van der Waals surface area contributed by atoms with Crippen LogP contribution in [0.5, 0.6) is 0 Å². The van der Waals surface area contributed by atoms with Crippen LogP contribution in [0.1, 0.15) is 20.3 Å². The minimum Gasteiger partial charge on any atom is -0.481 e. The monoisotopic (exact) mass is 304 g/mol. The number of rotatable bonds is 7. The van der Waals surface area contributed by atoms with E-state index in [9.17, 15) is 9.90 Å². The van der Waals surface area contributed by atoms with E-state index in [1.54, 1.807) is 0 Å². The van der Waals surface area contributed by atoms with Crippen LogP contribution >= 0.6 is 11.3 Å². The molecule has 0 aliphatic rings. The molecule has 0 aliphatic carbocycles. The van der Waals surface area contributed by atoms with E-state index in [0.717, 1.165) is 16.4 Å². The van der Waals surface area contributed by atoms with Gasteiger partial charge in [-0.25, -0.2) is 4.98 Å². The summed E-state index contributed by atoms with van der Waals surface area (Å²) >= 11 is 1.50. The lowest BCUT2D eigenvalue weighted by Crippen LogP contribution is -2.24. The van der Waals surface area contributed by atoms with Gasteiger partial charge in [-0.05, 0) is 12.3 Å². The van der Waals surface area contributed by atoms with Gasteiger partial charge in [0.1, 0.15) is 0 Å². The first-order chi connectivity index (χ1) is 10.1. The Morgan fingerprint density at radius 3 is 2.67 bits per heavy atom. The number of carboxylic acids is 1. The molecule has 1 aromatic carbocycles. The van der Waals surface area contributed by atoms with Gasteiger partial charge in [-0.1, -0.05) is 44.2 Å². The molecule has 1 heterocycles. The van der Waals surface area contributed by atoms with Crippen LogP contribution in [-0.4, -0.2) is 22.6 Å². The van der Waals surface area contributed by atoms with Crippen molar-refractivity contribution in [2.75, 3.05) is 11.9 Å². The fourth-order valence-electron chi connectivity index (χ4n) is 2.15. The van der Waals surface area contributed by atoms with Crippen molar-refractivity contribution in [3.63, 3.8) is 0 Å². The number of hydrogen-bond donors (Lipinski definition) is 2. The number of aromatic nitrogens is 1. The Balaban J connectivity index is 1.98. The Labute approximate surface area is 128 Å². The molecule has 2 aromatic rings. The highest BCUT2D eigenvalue weighted by Gasteiger charge is 2.19. The zero-order valence-corrected chi connectivity index (χ0v) is 13.1. The Morgan fingerprint density at radius 1 is 1.33 bits per heavy atom. The third-order valence-electron chi connectivity index (χ3n) is 3.18. The molecule has 2 rings (SSSR count). The lowest BCUT2D eigenvalue weighted by Gasteiger charge is -2.14. The minimum absolute atomic E-state index is 0.365. The summed E-state index contributed by atoms with van der Waals surface area (Å²) in [7, 11) is 0. The van der Waals surface area contributed by atoms with Gasteiger partial charge in [0.05, 0.1) is 11.6 Å². The summed E-state index contributed by atoms with van der Waals surface area (Å²) in [5.74, 6) is -0.769. The van der Waals surface area contributed by atoms with Crippen LogP contribution in [-0.2, 0) is 4.79 Å². The number of hydrogen-bond acceptors (Lipinski definition) is 4. The molecule has 2 N–H and O–H groups in total. The minimum atomic E-state index is -0.754. The van der Waals surface area contributed by atoms with Crippen molar-refractivity contribution >= 4 is 22.4 Å². The van der Waals surface area contributed by atoms with Crippen molar-refractivity contribution in [1.29, 1.82) is 0 Å². The maximum absolute atomic E-state index is 11.2. The number of carboxylic acid groups (broad SMARTS) is 1. The summed E-state index contributed by atoms with van der Waals surface area (Å²) in [5, 5.41) is 15.1. The van der Waals surface area contributed by atoms with Crippen molar-refractivity contribution in [1.82, 2.24) is 4.98 Å². The molecular weight excluding hydrogens is 284 g/mol. The molecule has 1 unspecified atom stereocenters. The Hall–Kier alpha value is -1.88. The van der Waals surface area contributed by atoms with Gasteiger partial charge < -0.3 is 10.4 Å². The SMILES string of the molecule is CC(C)CC(CNc1nc(-c2ccccc2)cs1)C(=O)O. The fraction of sp³-hybridized carbons (Fsp3) is 0.375. The van der Waals surface area contributed by atoms with Crippen LogP contribution in [0.3, 0.4) is 0 Å². The van der Waals surface area contributed by atoms with Crippen molar-refractivity contribution in [2.24, 2.45) is 11.8 Å². The molecule has 0 fully saturated rings. The normalized spacial score (nSPS) is 12.3. The number of carbonyl (C=O) groups is 1. The van der Waals surface area contributed by atoms with Gasteiger partial charge in [0.25, 0.3) is 0 Å². The van der Waals surface area contributed by atoms with Gasteiger partial charge in [-0.2, -0.15) is 0 Å². The Kier molecular flexibility index (Phi) is 5.33. The van der Waals surface area contributed by atoms with Crippen LogP contribution < -0.4 is 5.32 Å². The lowest BCUT2D eigenvalue weighted by atomic mass is 9.97. The largest absolute Gasteiger partial charge is 0.481 e. The van der Waals surface area contributed by atoms with Crippen LogP contribution in [0.2, 0.25) is 0 Å². The summed E-state index contributed by atoms with van der Waals surface area (Å²) in [4.78, 5) is 15.7.